The van der Waals surface area contributed by atoms with Crippen LogP contribution in [0.2, 0.25) is 0 Å². The van der Waals surface area contributed by atoms with Gasteiger partial charge in [-0.25, -0.2) is 0 Å². The normalized spacial score (nSPS) is 26.8. The maximum absolute atomic E-state index is 13.0. The van der Waals surface area contributed by atoms with Crippen molar-refractivity contribution < 1.29 is 23.7 Å². The third-order valence-corrected chi connectivity index (χ3v) is 7.98. The fourth-order valence-electron chi connectivity index (χ4n) is 5.95. The lowest BCUT2D eigenvalue weighted by Crippen LogP contribution is -2.40. The number of allylic oxidation sites excluding steroid dienone is 5. The smallest absolute Gasteiger partial charge is 0.223 e. The van der Waals surface area contributed by atoms with Crippen LogP contribution in [-0.4, -0.2) is 77.4 Å². The Morgan fingerprint density at radius 1 is 0.912 bits per heavy atom. The number of carbonyl (C=O) groups is 1. The molecule has 1 amide bonds. The average molecular weight is 473 g/mol. The highest BCUT2D eigenvalue weighted by Crippen LogP contribution is 2.48. The first-order valence-electron chi connectivity index (χ1n) is 12.5. The second-order valence-electron chi connectivity index (χ2n) is 9.96. The quantitative estimate of drug-likeness (QED) is 0.481. The molecule has 0 spiro atoms. The molecule has 7 nitrogen and oxygen atoms in total. The Morgan fingerprint density at radius 3 is 2.26 bits per heavy atom. The predicted octanol–water partition coefficient (Wildman–Crippen LogP) is 3.85. The zero-order chi connectivity index (χ0) is 24.2. The molecule has 4 rings (SSSR count). The number of ether oxygens (including phenoxy) is 4. The Morgan fingerprint density at radius 2 is 1.59 bits per heavy atom. The number of hydrogen-bond donors (Lipinski definition) is 0. The molecule has 3 atom stereocenters. The molecular formula is C27H40N2O5. The highest BCUT2D eigenvalue weighted by molar-refractivity contribution is 5.77. The first kappa shape index (κ1) is 24.7. The van der Waals surface area contributed by atoms with Crippen LogP contribution in [-0.2, 0) is 23.7 Å². The van der Waals surface area contributed by atoms with Gasteiger partial charge in [0.05, 0.1) is 28.4 Å². The highest BCUT2D eigenvalue weighted by atomic mass is 16.5. The molecule has 1 heterocycles. The van der Waals surface area contributed by atoms with Gasteiger partial charge in [-0.2, -0.15) is 0 Å². The van der Waals surface area contributed by atoms with Crippen molar-refractivity contribution in [3.8, 4) is 0 Å². The number of carbonyl (C=O) groups excluding carboxylic acids is 1. The van der Waals surface area contributed by atoms with Gasteiger partial charge in [0.15, 0.2) is 11.5 Å². The monoisotopic (exact) mass is 472 g/mol. The second kappa shape index (κ2) is 10.9. The second-order valence-corrected chi connectivity index (χ2v) is 9.96. The summed E-state index contributed by atoms with van der Waals surface area (Å²) in [5.74, 6) is 5.21. The summed E-state index contributed by atoms with van der Waals surface area (Å²) in [5.41, 5.74) is 2.80. The Bertz CT molecular complexity index is 903. The zero-order valence-corrected chi connectivity index (χ0v) is 21.4. The number of rotatable bonds is 10. The molecule has 1 saturated carbocycles. The molecule has 2 unspecified atom stereocenters. The number of nitrogens with zero attached hydrogens (tertiary/aromatic N) is 2. The molecule has 0 aromatic carbocycles. The van der Waals surface area contributed by atoms with Crippen molar-refractivity contribution in [3.63, 3.8) is 0 Å². The van der Waals surface area contributed by atoms with Crippen molar-refractivity contribution in [3.05, 3.63) is 46.3 Å². The van der Waals surface area contributed by atoms with Gasteiger partial charge in [-0.3, -0.25) is 4.79 Å². The number of fused-ring (bicyclic) bond motifs is 2. The minimum Gasteiger partial charge on any atom is -0.497 e. The zero-order valence-electron chi connectivity index (χ0n) is 21.4. The van der Waals surface area contributed by atoms with Gasteiger partial charge in [0, 0.05) is 38.9 Å². The molecule has 0 radical (unpaired) electrons. The summed E-state index contributed by atoms with van der Waals surface area (Å²) < 4.78 is 22.0. The molecule has 7 heteroatoms. The Balaban J connectivity index is 1.22. The van der Waals surface area contributed by atoms with E-state index in [1.54, 1.807) is 28.4 Å². The lowest BCUT2D eigenvalue weighted by Gasteiger charge is -2.44. The van der Waals surface area contributed by atoms with E-state index < -0.39 is 0 Å². The van der Waals surface area contributed by atoms with Crippen LogP contribution in [0, 0.1) is 17.8 Å². The molecule has 34 heavy (non-hydrogen) atoms. The topological polar surface area (TPSA) is 60.5 Å². The summed E-state index contributed by atoms with van der Waals surface area (Å²) in [6, 6.07) is 0. The van der Waals surface area contributed by atoms with E-state index in [1.807, 2.05) is 0 Å². The maximum atomic E-state index is 13.0. The van der Waals surface area contributed by atoms with Crippen molar-refractivity contribution in [1.29, 1.82) is 0 Å². The third-order valence-electron chi connectivity index (χ3n) is 7.98. The van der Waals surface area contributed by atoms with Crippen LogP contribution in [0.15, 0.2) is 46.3 Å². The fourth-order valence-corrected chi connectivity index (χ4v) is 5.95. The molecule has 3 aliphatic carbocycles. The maximum Gasteiger partial charge on any atom is 0.223 e. The lowest BCUT2D eigenvalue weighted by molar-refractivity contribution is -0.131. The van der Waals surface area contributed by atoms with Crippen molar-refractivity contribution in [2.75, 3.05) is 61.7 Å². The summed E-state index contributed by atoms with van der Waals surface area (Å²) in [4.78, 5) is 17.4. The third kappa shape index (κ3) is 5.14. The van der Waals surface area contributed by atoms with Crippen LogP contribution in [0.25, 0.3) is 0 Å². The van der Waals surface area contributed by atoms with E-state index in [0.717, 1.165) is 81.3 Å². The summed E-state index contributed by atoms with van der Waals surface area (Å²) in [7, 11) is 8.99. The molecule has 0 bridgehead atoms. The molecule has 2 fully saturated rings. The van der Waals surface area contributed by atoms with E-state index in [-0.39, 0.29) is 11.8 Å². The Kier molecular flexibility index (Phi) is 7.91. The van der Waals surface area contributed by atoms with Crippen LogP contribution in [0.1, 0.15) is 38.5 Å². The van der Waals surface area contributed by atoms with E-state index in [0.29, 0.717) is 18.3 Å². The van der Waals surface area contributed by atoms with Crippen LogP contribution in [0.5, 0.6) is 0 Å². The van der Waals surface area contributed by atoms with Gasteiger partial charge in [0.25, 0.3) is 0 Å². The first-order valence-corrected chi connectivity index (χ1v) is 12.5. The largest absolute Gasteiger partial charge is 0.497 e. The number of amides is 1. The van der Waals surface area contributed by atoms with E-state index in [9.17, 15) is 4.79 Å². The molecule has 188 valence electrons. The van der Waals surface area contributed by atoms with Gasteiger partial charge in [0.1, 0.15) is 11.5 Å². The molecule has 0 aromatic heterocycles. The van der Waals surface area contributed by atoms with E-state index in [2.05, 4.69) is 29.0 Å². The summed E-state index contributed by atoms with van der Waals surface area (Å²) >= 11 is 0. The van der Waals surface area contributed by atoms with Crippen molar-refractivity contribution in [2.45, 2.75) is 38.5 Å². The van der Waals surface area contributed by atoms with Gasteiger partial charge in [0.2, 0.25) is 5.91 Å². The summed E-state index contributed by atoms with van der Waals surface area (Å²) in [6.45, 7) is 3.68. The fraction of sp³-hybridized carbons (Fsp3) is 0.667. The van der Waals surface area contributed by atoms with E-state index in [4.69, 9.17) is 18.9 Å². The molecule has 0 N–H and O–H groups in total. The van der Waals surface area contributed by atoms with Crippen molar-refractivity contribution >= 4 is 5.91 Å². The molecular weight excluding hydrogens is 432 g/mol. The first-order chi connectivity index (χ1) is 16.5. The molecule has 4 aliphatic rings. The Hall–Kier alpha value is -2.41. The van der Waals surface area contributed by atoms with E-state index >= 15 is 0 Å². The summed E-state index contributed by atoms with van der Waals surface area (Å²) in [5, 5.41) is 0. The van der Waals surface area contributed by atoms with Crippen LogP contribution in [0.3, 0.4) is 0 Å². The Labute approximate surface area is 204 Å². The van der Waals surface area contributed by atoms with Gasteiger partial charge in [-0.1, -0.05) is 11.1 Å². The van der Waals surface area contributed by atoms with Crippen LogP contribution in [0.4, 0.5) is 0 Å². The number of likely N-dealkylation sites (tertiary alicyclic amines) is 1. The minimum atomic E-state index is 0.232. The molecule has 1 saturated heterocycles. The van der Waals surface area contributed by atoms with Crippen LogP contribution < -0.4 is 0 Å². The van der Waals surface area contributed by atoms with Gasteiger partial charge >= 0.3 is 0 Å². The molecule has 1 aliphatic heterocycles. The van der Waals surface area contributed by atoms with Crippen molar-refractivity contribution in [1.82, 2.24) is 9.80 Å². The number of methoxy groups -OCH3 is 4. The van der Waals surface area contributed by atoms with Gasteiger partial charge in [-0.05, 0) is 62.8 Å². The van der Waals surface area contributed by atoms with Crippen LogP contribution >= 0.6 is 0 Å². The SMILES string of the molecule is COC1=C(OC)CC2CC(=O)N(CCCN(C)C[C@H]3CC4=CC(OC)=C(OC)CC43)CCC2=C1. The predicted molar refractivity (Wildman–Crippen MR) is 131 cm³/mol. The average Bonchev–Trinajstić information content (AvgIpc) is 2.98. The van der Waals surface area contributed by atoms with Crippen molar-refractivity contribution in [2.24, 2.45) is 17.8 Å². The standard InChI is InChI=1S/C27H40N2O5/c1-28(17-21-11-20-14-25(33-4)26(34-5)16-22(20)21)8-6-9-29-10-7-18-12-23(31-2)24(32-3)13-19(18)15-27(29)30/h12,14,19,21-22H,6-11,13,15-17H2,1-5H3/t19?,21-,22?/m1/s1. The molecule has 0 aromatic rings. The lowest BCUT2D eigenvalue weighted by atomic mass is 9.65. The summed E-state index contributed by atoms with van der Waals surface area (Å²) in [6.07, 6.45) is 9.55. The highest BCUT2D eigenvalue weighted by Gasteiger charge is 2.40. The van der Waals surface area contributed by atoms with E-state index in [1.165, 1.54) is 11.1 Å². The van der Waals surface area contributed by atoms with Gasteiger partial charge in [-0.15, -0.1) is 0 Å². The number of hydrogen-bond acceptors (Lipinski definition) is 6. The van der Waals surface area contributed by atoms with Gasteiger partial charge < -0.3 is 28.7 Å². The minimum absolute atomic E-state index is 0.232.